The summed E-state index contributed by atoms with van der Waals surface area (Å²) in [7, 11) is 0. The van der Waals surface area contributed by atoms with Crippen molar-refractivity contribution in [2.24, 2.45) is 0 Å². The molecule has 9 heteroatoms. The third-order valence-electron chi connectivity index (χ3n) is 4.79. The van der Waals surface area contributed by atoms with Crippen LogP contribution in [0.15, 0.2) is 42.7 Å². The Morgan fingerprint density at radius 3 is 2.21 bits per heavy atom. The second-order valence-electron chi connectivity index (χ2n) is 6.82. The highest BCUT2D eigenvalue weighted by Crippen LogP contribution is 2.29. The quantitative estimate of drug-likeness (QED) is 0.627. The van der Waals surface area contributed by atoms with E-state index in [0.717, 1.165) is 18.0 Å². The maximum absolute atomic E-state index is 13.3. The van der Waals surface area contributed by atoms with Gasteiger partial charge >= 0.3 is 6.18 Å². The highest BCUT2D eigenvalue weighted by molar-refractivity contribution is 5.53. The van der Waals surface area contributed by atoms with Crippen LogP contribution < -0.4 is 4.90 Å². The highest BCUT2D eigenvalue weighted by atomic mass is 19.4. The second-order valence-corrected chi connectivity index (χ2v) is 6.82. The van der Waals surface area contributed by atoms with Crippen LogP contribution in [0.3, 0.4) is 0 Å². The standard InChI is InChI=1S/C19H17F5N4/c20-14-7-13(8-15(21)9-14)10-26-3-5-27(6-4-26)16-1-2-18-25-17(19(22,23)24)12-28(18)11-16/h1-2,7-9,11-12H,3-6,10H2. The third-order valence-corrected chi connectivity index (χ3v) is 4.79. The maximum atomic E-state index is 13.3. The minimum absolute atomic E-state index is 0.239. The summed E-state index contributed by atoms with van der Waals surface area (Å²) in [6.45, 7) is 3.11. The van der Waals surface area contributed by atoms with E-state index in [9.17, 15) is 22.0 Å². The zero-order valence-corrected chi connectivity index (χ0v) is 14.8. The van der Waals surface area contributed by atoms with Crippen molar-refractivity contribution in [2.45, 2.75) is 12.7 Å². The van der Waals surface area contributed by atoms with Crippen LogP contribution in [0.25, 0.3) is 5.65 Å². The average Bonchev–Trinajstić information content (AvgIpc) is 3.05. The van der Waals surface area contributed by atoms with E-state index < -0.39 is 23.5 Å². The largest absolute Gasteiger partial charge is 0.434 e. The smallest absolute Gasteiger partial charge is 0.368 e. The molecule has 0 unspecified atom stereocenters. The lowest BCUT2D eigenvalue weighted by Gasteiger charge is -2.36. The number of hydrogen-bond acceptors (Lipinski definition) is 3. The molecule has 0 aliphatic carbocycles. The van der Waals surface area contributed by atoms with Crippen molar-refractivity contribution in [1.29, 1.82) is 0 Å². The Balaban J connectivity index is 1.43. The van der Waals surface area contributed by atoms with Crippen LogP contribution in [0.5, 0.6) is 0 Å². The fraction of sp³-hybridized carbons (Fsp3) is 0.316. The molecule has 3 aromatic rings. The van der Waals surface area contributed by atoms with E-state index >= 15 is 0 Å². The van der Waals surface area contributed by atoms with Crippen molar-refractivity contribution in [1.82, 2.24) is 14.3 Å². The summed E-state index contributed by atoms with van der Waals surface area (Å²) >= 11 is 0. The summed E-state index contributed by atoms with van der Waals surface area (Å²) < 4.78 is 66.5. The molecule has 1 aromatic carbocycles. The SMILES string of the molecule is Fc1cc(F)cc(CN2CCN(c3ccc4nc(C(F)(F)F)cn4c3)CC2)c1. The molecular weight excluding hydrogens is 379 g/mol. The van der Waals surface area contributed by atoms with Gasteiger partial charge < -0.3 is 9.30 Å². The van der Waals surface area contributed by atoms with Gasteiger partial charge in [-0.05, 0) is 29.8 Å². The minimum Gasteiger partial charge on any atom is -0.368 e. The summed E-state index contributed by atoms with van der Waals surface area (Å²) in [5, 5.41) is 0. The van der Waals surface area contributed by atoms with Crippen molar-refractivity contribution < 1.29 is 22.0 Å². The van der Waals surface area contributed by atoms with Gasteiger partial charge in [-0.3, -0.25) is 4.90 Å². The average molecular weight is 396 g/mol. The van der Waals surface area contributed by atoms with Crippen molar-refractivity contribution in [3.8, 4) is 0 Å². The number of hydrogen-bond donors (Lipinski definition) is 0. The molecule has 0 saturated carbocycles. The molecule has 1 fully saturated rings. The Hall–Kier alpha value is -2.68. The van der Waals surface area contributed by atoms with E-state index in [1.807, 2.05) is 0 Å². The summed E-state index contributed by atoms with van der Waals surface area (Å²) in [5.74, 6) is -1.19. The van der Waals surface area contributed by atoms with Crippen LogP contribution in [0.1, 0.15) is 11.3 Å². The summed E-state index contributed by atoms with van der Waals surface area (Å²) in [6, 6.07) is 6.80. The molecule has 0 spiro atoms. The molecule has 1 aliphatic heterocycles. The third kappa shape index (κ3) is 3.94. The van der Waals surface area contributed by atoms with Crippen molar-refractivity contribution in [3.05, 3.63) is 65.6 Å². The van der Waals surface area contributed by atoms with Crippen LogP contribution in [0.4, 0.5) is 27.6 Å². The number of rotatable bonds is 3. The number of fused-ring (bicyclic) bond motifs is 1. The molecular formula is C19H17F5N4. The van der Waals surface area contributed by atoms with E-state index in [1.165, 1.54) is 16.5 Å². The molecule has 148 valence electrons. The molecule has 28 heavy (non-hydrogen) atoms. The number of aromatic nitrogens is 2. The van der Waals surface area contributed by atoms with Gasteiger partial charge in [-0.15, -0.1) is 0 Å². The lowest BCUT2D eigenvalue weighted by atomic mass is 10.2. The first-order valence-electron chi connectivity index (χ1n) is 8.76. The summed E-state index contributed by atoms with van der Waals surface area (Å²) in [4.78, 5) is 7.74. The number of halogens is 5. The first-order chi connectivity index (χ1) is 13.3. The fourth-order valence-corrected chi connectivity index (χ4v) is 3.43. The van der Waals surface area contributed by atoms with Crippen molar-refractivity contribution in [2.75, 3.05) is 31.1 Å². The number of pyridine rings is 1. The number of alkyl halides is 3. The van der Waals surface area contributed by atoms with Gasteiger partial charge in [-0.2, -0.15) is 13.2 Å². The van der Waals surface area contributed by atoms with Crippen LogP contribution in [-0.2, 0) is 12.7 Å². The zero-order chi connectivity index (χ0) is 19.9. The second kappa shape index (κ2) is 7.05. The Kier molecular flexibility index (Phi) is 4.70. The zero-order valence-electron chi connectivity index (χ0n) is 14.8. The highest BCUT2D eigenvalue weighted by Gasteiger charge is 2.34. The van der Waals surface area contributed by atoms with Gasteiger partial charge in [0.25, 0.3) is 0 Å². The molecule has 1 aliphatic rings. The normalized spacial score (nSPS) is 16.1. The lowest BCUT2D eigenvalue weighted by molar-refractivity contribution is -0.140. The molecule has 0 radical (unpaired) electrons. The number of piperazine rings is 1. The van der Waals surface area contributed by atoms with Crippen molar-refractivity contribution >= 4 is 11.3 Å². The number of benzene rings is 1. The van der Waals surface area contributed by atoms with Gasteiger partial charge in [0.2, 0.25) is 0 Å². The summed E-state index contributed by atoms with van der Waals surface area (Å²) in [5.41, 5.74) is 0.695. The van der Waals surface area contributed by atoms with E-state index in [-0.39, 0.29) is 5.65 Å². The van der Waals surface area contributed by atoms with Crippen LogP contribution in [0, 0.1) is 11.6 Å². The van der Waals surface area contributed by atoms with E-state index in [2.05, 4.69) is 14.8 Å². The van der Waals surface area contributed by atoms with E-state index in [1.54, 1.807) is 18.3 Å². The van der Waals surface area contributed by atoms with Gasteiger partial charge in [0.1, 0.15) is 17.3 Å². The lowest BCUT2D eigenvalue weighted by Crippen LogP contribution is -2.46. The van der Waals surface area contributed by atoms with Crippen molar-refractivity contribution in [3.63, 3.8) is 0 Å². The van der Waals surface area contributed by atoms with Gasteiger partial charge in [-0.1, -0.05) is 0 Å². The molecule has 3 heterocycles. The van der Waals surface area contributed by atoms with Gasteiger partial charge in [0.05, 0.1) is 5.69 Å². The van der Waals surface area contributed by atoms with Gasteiger partial charge in [-0.25, -0.2) is 13.8 Å². The monoisotopic (exact) mass is 396 g/mol. The van der Waals surface area contributed by atoms with Gasteiger partial charge in [0.15, 0.2) is 5.69 Å². The number of anilines is 1. The van der Waals surface area contributed by atoms with Crippen LogP contribution in [-0.4, -0.2) is 40.5 Å². The van der Waals surface area contributed by atoms with Crippen LogP contribution in [0.2, 0.25) is 0 Å². The van der Waals surface area contributed by atoms with Gasteiger partial charge in [0, 0.05) is 51.2 Å². The van der Waals surface area contributed by atoms with E-state index in [0.29, 0.717) is 38.3 Å². The fourth-order valence-electron chi connectivity index (χ4n) is 3.43. The molecule has 0 N–H and O–H groups in total. The number of nitrogens with zero attached hydrogens (tertiary/aromatic N) is 4. The van der Waals surface area contributed by atoms with Crippen LogP contribution >= 0.6 is 0 Å². The minimum atomic E-state index is -4.48. The predicted octanol–water partition coefficient (Wildman–Crippen LogP) is 3.95. The molecule has 2 aromatic heterocycles. The number of imidazole rings is 1. The molecule has 0 atom stereocenters. The topological polar surface area (TPSA) is 23.8 Å². The Labute approximate surface area is 157 Å². The molecule has 1 saturated heterocycles. The Bertz CT molecular complexity index is 969. The predicted molar refractivity (Wildman–Crippen MR) is 94.0 cm³/mol. The first kappa shape index (κ1) is 18.7. The molecule has 0 bridgehead atoms. The molecule has 0 amide bonds. The molecule has 4 nitrogen and oxygen atoms in total. The molecule has 4 rings (SSSR count). The first-order valence-corrected chi connectivity index (χ1v) is 8.76. The maximum Gasteiger partial charge on any atom is 0.434 e. The Morgan fingerprint density at radius 2 is 1.57 bits per heavy atom. The van der Waals surface area contributed by atoms with E-state index in [4.69, 9.17) is 0 Å². The summed E-state index contributed by atoms with van der Waals surface area (Å²) in [6.07, 6.45) is -1.86. The Morgan fingerprint density at radius 1 is 0.893 bits per heavy atom.